The molecule has 2 aromatic rings. The SMILES string of the molecule is CC(C)(C)OC(=O)N1CCNCC1c1ccc(-c2ccc(F)cc2)o1. The number of carbonyl (C=O) groups excluding carboxylic acids is 1. The molecule has 1 amide bonds. The van der Waals surface area contributed by atoms with Crippen molar-refractivity contribution in [3.05, 3.63) is 48.0 Å². The maximum absolute atomic E-state index is 13.1. The van der Waals surface area contributed by atoms with E-state index in [1.807, 2.05) is 32.9 Å². The van der Waals surface area contributed by atoms with E-state index in [1.165, 1.54) is 12.1 Å². The molecule has 1 fully saturated rings. The first-order valence-corrected chi connectivity index (χ1v) is 8.39. The Kier molecular flexibility index (Phi) is 4.81. The molecule has 3 rings (SSSR count). The normalized spacial score (nSPS) is 18.2. The molecule has 1 aliphatic heterocycles. The number of hydrogen-bond donors (Lipinski definition) is 1. The third-order valence-corrected chi connectivity index (χ3v) is 3.96. The zero-order valence-corrected chi connectivity index (χ0v) is 14.7. The molecule has 0 aliphatic carbocycles. The van der Waals surface area contributed by atoms with Gasteiger partial charge in [-0.05, 0) is 57.2 Å². The molecule has 0 radical (unpaired) electrons. The minimum atomic E-state index is -0.547. The fourth-order valence-corrected chi connectivity index (χ4v) is 2.80. The molecule has 1 N–H and O–H groups in total. The van der Waals surface area contributed by atoms with Gasteiger partial charge in [0.15, 0.2) is 0 Å². The summed E-state index contributed by atoms with van der Waals surface area (Å²) in [7, 11) is 0. The zero-order chi connectivity index (χ0) is 18.0. The van der Waals surface area contributed by atoms with E-state index in [-0.39, 0.29) is 18.0 Å². The van der Waals surface area contributed by atoms with E-state index in [1.54, 1.807) is 17.0 Å². The van der Waals surface area contributed by atoms with E-state index in [9.17, 15) is 9.18 Å². The lowest BCUT2D eigenvalue weighted by Crippen LogP contribution is -2.50. The topological polar surface area (TPSA) is 54.7 Å². The Labute approximate surface area is 146 Å². The average Bonchev–Trinajstić information content (AvgIpc) is 3.04. The Balaban J connectivity index is 1.81. The molecular weight excluding hydrogens is 323 g/mol. The van der Waals surface area contributed by atoms with Gasteiger partial charge in [0.1, 0.15) is 29.0 Å². The van der Waals surface area contributed by atoms with Crippen LogP contribution in [0.25, 0.3) is 11.3 Å². The van der Waals surface area contributed by atoms with E-state index in [0.29, 0.717) is 31.2 Å². The summed E-state index contributed by atoms with van der Waals surface area (Å²) < 4.78 is 24.5. The van der Waals surface area contributed by atoms with Gasteiger partial charge in [-0.25, -0.2) is 9.18 Å². The lowest BCUT2D eigenvalue weighted by atomic mass is 10.1. The molecule has 1 aromatic heterocycles. The van der Waals surface area contributed by atoms with Gasteiger partial charge in [0.05, 0.1) is 0 Å². The second-order valence-electron chi connectivity index (χ2n) is 7.10. The number of carbonyl (C=O) groups is 1. The molecule has 2 heterocycles. The first-order chi connectivity index (χ1) is 11.8. The minimum absolute atomic E-state index is 0.238. The van der Waals surface area contributed by atoms with Crippen molar-refractivity contribution in [2.45, 2.75) is 32.4 Å². The Morgan fingerprint density at radius 3 is 2.64 bits per heavy atom. The Hall–Kier alpha value is -2.34. The number of benzene rings is 1. The van der Waals surface area contributed by atoms with Gasteiger partial charge in [-0.2, -0.15) is 0 Å². The predicted molar refractivity (Wildman–Crippen MR) is 92.7 cm³/mol. The van der Waals surface area contributed by atoms with Gasteiger partial charge in [0.25, 0.3) is 0 Å². The van der Waals surface area contributed by atoms with E-state index < -0.39 is 5.60 Å². The van der Waals surface area contributed by atoms with E-state index >= 15 is 0 Å². The van der Waals surface area contributed by atoms with Crippen molar-refractivity contribution >= 4 is 6.09 Å². The lowest BCUT2D eigenvalue weighted by Gasteiger charge is -2.36. The third-order valence-electron chi connectivity index (χ3n) is 3.96. The van der Waals surface area contributed by atoms with Gasteiger partial charge in [0, 0.05) is 25.2 Å². The number of furan rings is 1. The fraction of sp³-hybridized carbons (Fsp3) is 0.421. The van der Waals surface area contributed by atoms with E-state index in [4.69, 9.17) is 9.15 Å². The third kappa shape index (κ3) is 4.20. The summed E-state index contributed by atoms with van der Waals surface area (Å²) in [5.74, 6) is 1.03. The standard InChI is InChI=1S/C19H23FN2O3/c1-19(2,3)25-18(23)22-11-10-21-12-15(22)17-9-8-16(24-17)13-4-6-14(20)7-5-13/h4-9,15,21H,10-12H2,1-3H3. The second kappa shape index (κ2) is 6.88. The zero-order valence-electron chi connectivity index (χ0n) is 14.7. The number of piperazine rings is 1. The molecule has 1 saturated heterocycles. The van der Waals surface area contributed by atoms with Crippen LogP contribution < -0.4 is 5.32 Å². The second-order valence-corrected chi connectivity index (χ2v) is 7.10. The van der Waals surface area contributed by atoms with E-state index in [2.05, 4.69) is 5.32 Å². The van der Waals surface area contributed by atoms with Crippen LogP contribution in [0.3, 0.4) is 0 Å². The van der Waals surface area contributed by atoms with Gasteiger partial charge in [0.2, 0.25) is 0 Å². The molecular formula is C19H23FN2O3. The van der Waals surface area contributed by atoms with Gasteiger partial charge in [-0.3, -0.25) is 4.90 Å². The summed E-state index contributed by atoms with van der Waals surface area (Å²) in [4.78, 5) is 14.2. The molecule has 1 aromatic carbocycles. The molecule has 5 nitrogen and oxygen atoms in total. The van der Waals surface area contributed by atoms with Gasteiger partial charge in [-0.1, -0.05) is 0 Å². The Bertz CT molecular complexity index is 734. The summed E-state index contributed by atoms with van der Waals surface area (Å²) in [6, 6.07) is 9.58. The van der Waals surface area contributed by atoms with Crippen LogP contribution in [0.5, 0.6) is 0 Å². The summed E-state index contributed by atoms with van der Waals surface area (Å²) >= 11 is 0. The molecule has 1 unspecified atom stereocenters. The molecule has 6 heteroatoms. The van der Waals surface area contributed by atoms with Crippen molar-refractivity contribution in [3.63, 3.8) is 0 Å². The lowest BCUT2D eigenvalue weighted by molar-refractivity contribution is 0.00939. The summed E-state index contributed by atoms with van der Waals surface area (Å²) in [5.41, 5.74) is 0.245. The Morgan fingerprint density at radius 2 is 1.96 bits per heavy atom. The quantitative estimate of drug-likeness (QED) is 0.894. The highest BCUT2D eigenvalue weighted by Crippen LogP contribution is 2.30. The molecule has 25 heavy (non-hydrogen) atoms. The van der Waals surface area contributed by atoms with Crippen molar-refractivity contribution < 1.29 is 18.3 Å². The van der Waals surface area contributed by atoms with Crippen molar-refractivity contribution in [2.75, 3.05) is 19.6 Å². The molecule has 0 spiro atoms. The van der Waals surface area contributed by atoms with Crippen LogP contribution in [-0.4, -0.2) is 36.2 Å². The van der Waals surface area contributed by atoms with Crippen molar-refractivity contribution in [1.29, 1.82) is 0 Å². The molecule has 1 aliphatic rings. The number of ether oxygens (including phenoxy) is 1. The highest BCUT2D eigenvalue weighted by Gasteiger charge is 2.33. The van der Waals surface area contributed by atoms with Crippen molar-refractivity contribution in [3.8, 4) is 11.3 Å². The van der Waals surface area contributed by atoms with Gasteiger partial charge in [-0.15, -0.1) is 0 Å². The number of halogens is 1. The van der Waals surface area contributed by atoms with Gasteiger partial charge < -0.3 is 14.5 Å². The summed E-state index contributed by atoms with van der Waals surface area (Å²) in [6.07, 6.45) is -0.348. The first kappa shape index (κ1) is 17.5. The van der Waals surface area contributed by atoms with Crippen LogP contribution in [0.15, 0.2) is 40.8 Å². The monoisotopic (exact) mass is 346 g/mol. The van der Waals surface area contributed by atoms with Crippen LogP contribution in [0.2, 0.25) is 0 Å². The fourth-order valence-electron chi connectivity index (χ4n) is 2.80. The van der Waals surface area contributed by atoms with Crippen LogP contribution in [-0.2, 0) is 4.74 Å². The smallest absolute Gasteiger partial charge is 0.411 e. The number of rotatable bonds is 2. The highest BCUT2D eigenvalue weighted by atomic mass is 19.1. The largest absolute Gasteiger partial charge is 0.459 e. The van der Waals surface area contributed by atoms with E-state index in [0.717, 1.165) is 5.56 Å². The Morgan fingerprint density at radius 1 is 1.24 bits per heavy atom. The average molecular weight is 346 g/mol. The number of nitrogens with one attached hydrogen (secondary N) is 1. The highest BCUT2D eigenvalue weighted by molar-refractivity contribution is 5.69. The number of amides is 1. The predicted octanol–water partition coefficient (Wildman–Crippen LogP) is 3.97. The minimum Gasteiger partial charge on any atom is -0.459 e. The van der Waals surface area contributed by atoms with Crippen molar-refractivity contribution in [2.24, 2.45) is 0 Å². The van der Waals surface area contributed by atoms with Crippen LogP contribution in [0.4, 0.5) is 9.18 Å². The van der Waals surface area contributed by atoms with Gasteiger partial charge >= 0.3 is 6.09 Å². The maximum atomic E-state index is 13.1. The first-order valence-electron chi connectivity index (χ1n) is 8.39. The van der Waals surface area contributed by atoms with Crippen molar-refractivity contribution in [1.82, 2.24) is 10.2 Å². The molecule has 134 valence electrons. The van der Waals surface area contributed by atoms with Crippen LogP contribution in [0.1, 0.15) is 32.6 Å². The van der Waals surface area contributed by atoms with Crippen LogP contribution in [0, 0.1) is 5.82 Å². The number of hydrogen-bond acceptors (Lipinski definition) is 4. The molecule has 0 saturated carbocycles. The molecule has 0 bridgehead atoms. The maximum Gasteiger partial charge on any atom is 0.411 e. The van der Waals surface area contributed by atoms with Crippen LogP contribution >= 0.6 is 0 Å². The molecule has 1 atom stereocenters. The summed E-state index contributed by atoms with van der Waals surface area (Å²) in [5, 5.41) is 3.28. The number of nitrogens with zero attached hydrogens (tertiary/aromatic N) is 1. The summed E-state index contributed by atoms with van der Waals surface area (Å²) in [6.45, 7) is 7.40.